The molecule has 4 aromatic rings. The smallest absolute Gasteiger partial charge is 0.264 e. The lowest BCUT2D eigenvalue weighted by molar-refractivity contribution is 0.597. The van der Waals surface area contributed by atoms with Gasteiger partial charge in [-0.15, -0.1) is 0 Å². The van der Waals surface area contributed by atoms with Crippen LogP contribution in [0.25, 0.3) is 10.9 Å². The molecular weight excluding hydrogens is 396 g/mol. The first-order chi connectivity index (χ1) is 13.4. The van der Waals surface area contributed by atoms with E-state index in [1.54, 1.807) is 29.1 Å². The van der Waals surface area contributed by atoms with Crippen LogP contribution in [0.1, 0.15) is 11.3 Å². The molecule has 0 amide bonds. The Labute approximate surface area is 168 Å². The molecule has 0 spiro atoms. The molecule has 8 heteroatoms. The lowest BCUT2D eigenvalue weighted by Gasteiger charge is -2.08. The Balaban J connectivity index is 1.55. The SMILES string of the molecule is Cc1c(NS(=O)(=O)c2c[nH]c3cc(Cl)ccc23)cnn1CCc1ccccc1. The molecule has 0 radical (unpaired) electrons. The molecule has 6 nitrogen and oxygen atoms in total. The van der Waals surface area contributed by atoms with Crippen molar-refractivity contribution in [2.75, 3.05) is 4.72 Å². The number of anilines is 1. The fraction of sp³-hybridized carbons (Fsp3) is 0.150. The first-order valence-electron chi connectivity index (χ1n) is 8.80. The van der Waals surface area contributed by atoms with Crippen molar-refractivity contribution in [2.24, 2.45) is 0 Å². The van der Waals surface area contributed by atoms with Gasteiger partial charge in [0.1, 0.15) is 4.90 Å². The third-order valence-corrected chi connectivity index (χ3v) is 6.34. The highest BCUT2D eigenvalue weighted by atomic mass is 35.5. The molecule has 0 bridgehead atoms. The molecule has 0 aliphatic heterocycles. The van der Waals surface area contributed by atoms with Gasteiger partial charge in [-0.05, 0) is 37.1 Å². The van der Waals surface area contributed by atoms with Gasteiger partial charge >= 0.3 is 0 Å². The van der Waals surface area contributed by atoms with E-state index in [4.69, 9.17) is 11.6 Å². The van der Waals surface area contributed by atoms with E-state index in [9.17, 15) is 8.42 Å². The molecule has 0 unspecified atom stereocenters. The van der Waals surface area contributed by atoms with Gasteiger partial charge in [-0.2, -0.15) is 5.10 Å². The summed E-state index contributed by atoms with van der Waals surface area (Å²) in [5.74, 6) is 0. The van der Waals surface area contributed by atoms with Crippen molar-refractivity contribution in [1.82, 2.24) is 14.8 Å². The molecule has 4 rings (SSSR count). The summed E-state index contributed by atoms with van der Waals surface area (Å²) >= 11 is 5.97. The summed E-state index contributed by atoms with van der Waals surface area (Å²) in [5.41, 5.74) is 3.11. The van der Waals surface area contributed by atoms with Crippen LogP contribution in [0.15, 0.2) is 65.8 Å². The van der Waals surface area contributed by atoms with Crippen LogP contribution in [0.2, 0.25) is 5.02 Å². The van der Waals surface area contributed by atoms with E-state index in [-0.39, 0.29) is 4.90 Å². The van der Waals surface area contributed by atoms with Gasteiger partial charge in [-0.3, -0.25) is 9.40 Å². The number of H-pyrrole nitrogens is 1. The van der Waals surface area contributed by atoms with Crippen LogP contribution in [0, 0.1) is 6.92 Å². The average molecular weight is 415 g/mol. The number of aromatic nitrogens is 3. The van der Waals surface area contributed by atoms with Gasteiger partial charge in [0, 0.05) is 28.7 Å². The zero-order valence-electron chi connectivity index (χ0n) is 15.2. The molecule has 0 saturated carbocycles. The first-order valence-corrected chi connectivity index (χ1v) is 10.7. The minimum Gasteiger partial charge on any atom is -0.360 e. The molecular formula is C20H19ClN4O2S. The highest BCUT2D eigenvalue weighted by Gasteiger charge is 2.21. The molecule has 0 atom stereocenters. The number of fused-ring (bicyclic) bond motifs is 1. The summed E-state index contributed by atoms with van der Waals surface area (Å²) in [5, 5.41) is 5.47. The van der Waals surface area contributed by atoms with Gasteiger partial charge in [0.25, 0.3) is 10.0 Å². The average Bonchev–Trinajstić information content (AvgIpc) is 3.25. The highest BCUT2D eigenvalue weighted by molar-refractivity contribution is 7.93. The maximum atomic E-state index is 12.9. The second-order valence-electron chi connectivity index (χ2n) is 6.55. The van der Waals surface area contributed by atoms with Crippen molar-refractivity contribution >= 4 is 38.2 Å². The van der Waals surface area contributed by atoms with Gasteiger partial charge in [-0.1, -0.05) is 41.9 Å². The van der Waals surface area contributed by atoms with Crippen molar-refractivity contribution in [3.05, 3.63) is 77.2 Å². The number of aryl methyl sites for hydroxylation is 2. The van der Waals surface area contributed by atoms with Crippen molar-refractivity contribution in [1.29, 1.82) is 0 Å². The zero-order valence-corrected chi connectivity index (χ0v) is 16.8. The van der Waals surface area contributed by atoms with Crippen molar-refractivity contribution < 1.29 is 8.42 Å². The van der Waals surface area contributed by atoms with E-state index in [0.29, 0.717) is 28.2 Å². The van der Waals surface area contributed by atoms with Gasteiger partial charge in [0.05, 0.1) is 17.6 Å². The number of hydrogen-bond acceptors (Lipinski definition) is 3. The van der Waals surface area contributed by atoms with E-state index in [1.807, 2.05) is 25.1 Å². The summed E-state index contributed by atoms with van der Waals surface area (Å²) in [6.07, 6.45) is 3.83. The Morgan fingerprint density at radius 2 is 1.96 bits per heavy atom. The summed E-state index contributed by atoms with van der Waals surface area (Å²) in [7, 11) is -3.76. The van der Waals surface area contributed by atoms with Crippen molar-refractivity contribution in [3.63, 3.8) is 0 Å². The number of halogens is 1. The van der Waals surface area contributed by atoms with E-state index in [1.165, 1.54) is 11.8 Å². The molecule has 2 aromatic carbocycles. The van der Waals surface area contributed by atoms with Crippen LogP contribution >= 0.6 is 11.6 Å². The molecule has 0 fully saturated rings. The Morgan fingerprint density at radius 1 is 1.18 bits per heavy atom. The summed E-state index contributed by atoms with van der Waals surface area (Å²) < 4.78 is 30.3. The fourth-order valence-corrected chi connectivity index (χ4v) is 4.60. The zero-order chi connectivity index (χ0) is 19.7. The van der Waals surface area contributed by atoms with Crippen molar-refractivity contribution in [3.8, 4) is 0 Å². The van der Waals surface area contributed by atoms with Crippen LogP contribution in [0.5, 0.6) is 0 Å². The number of hydrogen-bond donors (Lipinski definition) is 2. The van der Waals surface area contributed by atoms with Crippen molar-refractivity contribution in [2.45, 2.75) is 24.8 Å². The number of sulfonamides is 1. The van der Waals surface area contributed by atoms with Crippen LogP contribution in [0.3, 0.4) is 0 Å². The second-order valence-corrected chi connectivity index (χ2v) is 8.64. The number of nitrogens with one attached hydrogen (secondary N) is 2. The number of rotatable bonds is 6. The Morgan fingerprint density at radius 3 is 2.75 bits per heavy atom. The van der Waals surface area contributed by atoms with Gasteiger partial charge in [0.15, 0.2) is 0 Å². The monoisotopic (exact) mass is 414 g/mol. The topological polar surface area (TPSA) is 79.8 Å². The van der Waals surface area contributed by atoms with Gasteiger partial charge < -0.3 is 4.98 Å². The number of nitrogens with zero attached hydrogens (tertiary/aromatic N) is 2. The Hall–Kier alpha value is -2.77. The molecule has 28 heavy (non-hydrogen) atoms. The standard InChI is InChI=1S/C20H19ClN4O2S/c1-14-19(12-23-25(14)10-9-15-5-3-2-4-6-15)24-28(26,27)20-13-22-18-11-16(21)7-8-17(18)20/h2-8,11-13,22,24H,9-10H2,1H3. The normalized spacial score (nSPS) is 11.8. The third-order valence-electron chi connectivity index (χ3n) is 4.70. The van der Waals surface area contributed by atoms with Gasteiger partial charge in [-0.25, -0.2) is 8.42 Å². The molecule has 0 saturated heterocycles. The summed E-state index contributed by atoms with van der Waals surface area (Å²) in [6, 6.07) is 15.2. The predicted octanol–water partition coefficient (Wildman–Crippen LogP) is 4.37. The lowest BCUT2D eigenvalue weighted by atomic mass is 10.1. The second kappa shape index (κ2) is 7.33. The van der Waals surface area contributed by atoms with Crippen LogP contribution in [-0.4, -0.2) is 23.2 Å². The number of aromatic amines is 1. The van der Waals surface area contributed by atoms with E-state index in [0.717, 1.165) is 12.1 Å². The maximum absolute atomic E-state index is 12.9. The summed E-state index contributed by atoms with van der Waals surface area (Å²) in [6.45, 7) is 2.52. The largest absolute Gasteiger partial charge is 0.360 e. The molecule has 0 aliphatic carbocycles. The predicted molar refractivity (Wildman–Crippen MR) is 111 cm³/mol. The minimum absolute atomic E-state index is 0.176. The lowest BCUT2D eigenvalue weighted by Crippen LogP contribution is -2.13. The molecule has 144 valence electrons. The molecule has 0 aliphatic rings. The number of benzene rings is 2. The first kappa shape index (κ1) is 18.6. The molecule has 2 heterocycles. The van der Waals surface area contributed by atoms with Crippen LogP contribution in [0.4, 0.5) is 5.69 Å². The highest BCUT2D eigenvalue weighted by Crippen LogP contribution is 2.27. The van der Waals surface area contributed by atoms with Crippen LogP contribution in [-0.2, 0) is 23.0 Å². The minimum atomic E-state index is -3.76. The van der Waals surface area contributed by atoms with E-state index in [2.05, 4.69) is 26.9 Å². The Bertz CT molecular complexity index is 1230. The third kappa shape index (κ3) is 3.63. The summed E-state index contributed by atoms with van der Waals surface area (Å²) in [4.78, 5) is 3.13. The molecule has 2 aromatic heterocycles. The van der Waals surface area contributed by atoms with Gasteiger partial charge in [0.2, 0.25) is 0 Å². The van der Waals surface area contributed by atoms with E-state index < -0.39 is 10.0 Å². The van der Waals surface area contributed by atoms with E-state index >= 15 is 0 Å². The molecule has 2 N–H and O–H groups in total. The quantitative estimate of drug-likeness (QED) is 0.491. The maximum Gasteiger partial charge on any atom is 0.264 e. The Kier molecular flexibility index (Phi) is 4.87. The fourth-order valence-electron chi connectivity index (χ4n) is 3.15. The van der Waals surface area contributed by atoms with Crippen LogP contribution < -0.4 is 4.72 Å².